The van der Waals surface area contributed by atoms with Crippen LogP contribution in [0.3, 0.4) is 0 Å². The number of carbonyl (C=O) groups excluding carboxylic acids is 1. The smallest absolute Gasteiger partial charge is 0.253 e. The largest absolute Gasteiger partial charge is 0.355 e. The molecule has 3 aromatic carbocycles. The summed E-state index contributed by atoms with van der Waals surface area (Å²) in [7, 11) is -3.73. The third-order valence-electron chi connectivity index (χ3n) is 4.33. The van der Waals surface area contributed by atoms with Crippen LogP contribution < -0.4 is 15.8 Å². The lowest BCUT2D eigenvalue weighted by Gasteiger charge is -2.14. The van der Waals surface area contributed by atoms with Crippen molar-refractivity contribution in [3.63, 3.8) is 0 Å². The Balaban J connectivity index is 1.73. The van der Waals surface area contributed by atoms with Crippen molar-refractivity contribution in [1.29, 1.82) is 0 Å². The van der Waals surface area contributed by atoms with Crippen LogP contribution in [0.15, 0.2) is 71.6 Å². The summed E-state index contributed by atoms with van der Waals surface area (Å²) in [6, 6.07) is 19.4. The molecule has 3 rings (SSSR count). The Kier molecular flexibility index (Phi) is 6.56. The Morgan fingerprint density at radius 1 is 1.00 bits per heavy atom. The van der Waals surface area contributed by atoms with Crippen LogP contribution in [0.1, 0.15) is 21.5 Å². The van der Waals surface area contributed by atoms with Gasteiger partial charge in [0.05, 0.1) is 16.1 Å². The van der Waals surface area contributed by atoms with E-state index in [2.05, 4.69) is 39.3 Å². The van der Waals surface area contributed by atoms with Crippen LogP contribution in [0.5, 0.6) is 0 Å². The molecule has 0 atom stereocenters. The van der Waals surface area contributed by atoms with E-state index < -0.39 is 10.0 Å². The first kappa shape index (κ1) is 21.3. The fourth-order valence-electron chi connectivity index (χ4n) is 2.78. The van der Waals surface area contributed by atoms with Crippen LogP contribution in [-0.4, -0.2) is 14.3 Å². The van der Waals surface area contributed by atoms with Crippen molar-refractivity contribution in [2.75, 3.05) is 5.32 Å². The molecule has 3 aromatic rings. The number of hydrogen-bond acceptors (Lipinski definition) is 4. The van der Waals surface area contributed by atoms with Gasteiger partial charge in [-0.05, 0) is 83.1 Å². The first-order valence-corrected chi connectivity index (χ1v) is 11.4. The van der Waals surface area contributed by atoms with Gasteiger partial charge in [0.15, 0.2) is 0 Å². The first-order chi connectivity index (χ1) is 13.7. The zero-order valence-corrected chi connectivity index (χ0v) is 18.6. The van der Waals surface area contributed by atoms with Gasteiger partial charge in [0, 0.05) is 15.8 Å². The van der Waals surface area contributed by atoms with Gasteiger partial charge in [-0.25, -0.2) is 13.6 Å². The topological polar surface area (TPSA) is 101 Å². The van der Waals surface area contributed by atoms with Crippen LogP contribution in [0.2, 0.25) is 0 Å². The maximum atomic E-state index is 12.7. The summed E-state index contributed by atoms with van der Waals surface area (Å²) in [5.41, 5.74) is 4.02. The number of amides is 1. The second-order valence-electron chi connectivity index (χ2n) is 6.50. The van der Waals surface area contributed by atoms with Gasteiger partial charge in [0.2, 0.25) is 10.0 Å². The second-order valence-corrected chi connectivity index (χ2v) is 9.31. The molecule has 0 heterocycles. The summed E-state index contributed by atoms with van der Waals surface area (Å²) >= 11 is 2.26. The maximum Gasteiger partial charge on any atom is 0.253 e. The van der Waals surface area contributed by atoms with E-state index in [4.69, 9.17) is 5.14 Å². The Morgan fingerprint density at radius 3 is 2.34 bits per heavy atom. The van der Waals surface area contributed by atoms with Crippen molar-refractivity contribution in [1.82, 2.24) is 5.32 Å². The Morgan fingerprint density at radius 2 is 1.69 bits per heavy atom. The van der Waals surface area contributed by atoms with Crippen LogP contribution in [-0.2, 0) is 16.6 Å². The lowest BCUT2D eigenvalue weighted by Crippen LogP contribution is -2.23. The van der Waals surface area contributed by atoms with Crippen LogP contribution in [0.4, 0.5) is 11.4 Å². The molecule has 4 N–H and O–H groups in total. The van der Waals surface area contributed by atoms with Gasteiger partial charge < -0.3 is 10.6 Å². The van der Waals surface area contributed by atoms with Crippen molar-refractivity contribution in [2.24, 2.45) is 5.14 Å². The zero-order valence-electron chi connectivity index (χ0n) is 15.6. The van der Waals surface area contributed by atoms with Gasteiger partial charge in [0.1, 0.15) is 0 Å². The van der Waals surface area contributed by atoms with Crippen molar-refractivity contribution in [2.45, 2.75) is 18.4 Å². The number of carbonyl (C=O) groups is 1. The van der Waals surface area contributed by atoms with Crippen molar-refractivity contribution < 1.29 is 13.2 Å². The summed E-state index contributed by atoms with van der Waals surface area (Å²) in [5, 5.41) is 11.3. The molecule has 0 saturated carbocycles. The van der Waals surface area contributed by atoms with Crippen LogP contribution >= 0.6 is 22.6 Å². The summed E-state index contributed by atoms with van der Waals surface area (Å²) < 4.78 is 23.8. The van der Waals surface area contributed by atoms with Gasteiger partial charge in [-0.2, -0.15) is 0 Å². The summed E-state index contributed by atoms with van der Waals surface area (Å²) in [4.78, 5) is 12.8. The third kappa shape index (κ3) is 5.55. The monoisotopic (exact) mass is 521 g/mol. The van der Waals surface area contributed by atoms with Crippen LogP contribution in [0.25, 0.3) is 0 Å². The van der Waals surface area contributed by atoms with E-state index in [1.54, 1.807) is 18.2 Å². The predicted molar refractivity (Wildman–Crippen MR) is 123 cm³/mol. The average molecular weight is 521 g/mol. The second kappa shape index (κ2) is 8.93. The number of nitrogens with two attached hydrogens (primary N) is 1. The quantitative estimate of drug-likeness (QED) is 0.428. The maximum absolute atomic E-state index is 12.7. The number of rotatable bonds is 6. The fourth-order valence-corrected chi connectivity index (χ4v) is 3.94. The molecule has 0 aromatic heterocycles. The number of halogens is 1. The standard InChI is InChI=1S/C21H20IN3O3S/c1-14-12-16(22)8-11-19(14)25-20-5-3-2-4-18(20)21(26)24-13-15-6-9-17(10-7-15)29(23,27)28/h2-12,25H,13H2,1H3,(H,24,26)(H2,23,27,28). The molecule has 8 heteroatoms. The van der Waals surface area contributed by atoms with E-state index in [0.717, 1.165) is 20.4 Å². The number of primary sulfonamides is 1. The van der Waals surface area contributed by atoms with Crippen LogP contribution in [0, 0.1) is 10.5 Å². The van der Waals surface area contributed by atoms with Crippen molar-refractivity contribution in [3.8, 4) is 0 Å². The lowest BCUT2D eigenvalue weighted by atomic mass is 10.1. The molecule has 1 amide bonds. The minimum absolute atomic E-state index is 0.0370. The minimum Gasteiger partial charge on any atom is -0.355 e. The summed E-state index contributed by atoms with van der Waals surface area (Å²) in [6.45, 7) is 2.28. The number of anilines is 2. The highest BCUT2D eigenvalue weighted by Crippen LogP contribution is 2.25. The molecule has 150 valence electrons. The fraction of sp³-hybridized carbons (Fsp3) is 0.0952. The zero-order chi connectivity index (χ0) is 21.0. The van der Waals surface area contributed by atoms with Gasteiger partial charge in [0.25, 0.3) is 5.91 Å². The molecule has 0 saturated heterocycles. The van der Waals surface area contributed by atoms with Gasteiger partial charge in [-0.3, -0.25) is 4.79 Å². The normalized spacial score (nSPS) is 11.1. The molecule has 0 unspecified atom stereocenters. The minimum atomic E-state index is -3.73. The Labute approximate surface area is 183 Å². The molecule has 6 nitrogen and oxygen atoms in total. The van der Waals surface area contributed by atoms with Gasteiger partial charge >= 0.3 is 0 Å². The number of aryl methyl sites for hydroxylation is 1. The molecule has 0 aliphatic carbocycles. The Hall–Kier alpha value is -2.43. The first-order valence-electron chi connectivity index (χ1n) is 8.76. The van der Waals surface area contributed by atoms with E-state index >= 15 is 0 Å². The van der Waals surface area contributed by atoms with Crippen molar-refractivity contribution in [3.05, 3.63) is 87.0 Å². The van der Waals surface area contributed by atoms with E-state index in [-0.39, 0.29) is 17.3 Å². The Bertz CT molecular complexity index is 1150. The molecular formula is C21H20IN3O3S. The highest BCUT2D eigenvalue weighted by Gasteiger charge is 2.12. The molecular weight excluding hydrogens is 501 g/mol. The molecule has 29 heavy (non-hydrogen) atoms. The average Bonchev–Trinajstić information content (AvgIpc) is 2.68. The molecule has 0 aliphatic rings. The highest BCUT2D eigenvalue weighted by atomic mass is 127. The summed E-state index contributed by atoms with van der Waals surface area (Å²) in [5.74, 6) is -0.230. The molecule has 0 aliphatic heterocycles. The number of nitrogens with one attached hydrogen (secondary N) is 2. The van der Waals surface area contributed by atoms with Gasteiger partial charge in [-0.15, -0.1) is 0 Å². The number of sulfonamides is 1. The number of benzene rings is 3. The highest BCUT2D eigenvalue weighted by molar-refractivity contribution is 14.1. The molecule has 0 radical (unpaired) electrons. The van der Waals surface area contributed by atoms with E-state index in [1.165, 1.54) is 12.1 Å². The SMILES string of the molecule is Cc1cc(I)ccc1Nc1ccccc1C(=O)NCc1ccc(S(N)(=O)=O)cc1. The molecule has 0 spiro atoms. The molecule has 0 fully saturated rings. The number of hydrogen-bond donors (Lipinski definition) is 3. The van der Waals surface area contributed by atoms with Crippen molar-refractivity contribution >= 4 is 49.9 Å². The van der Waals surface area contributed by atoms with E-state index in [1.807, 2.05) is 37.3 Å². The number of para-hydroxylation sites is 1. The van der Waals surface area contributed by atoms with E-state index in [9.17, 15) is 13.2 Å². The summed E-state index contributed by atoms with van der Waals surface area (Å²) in [6.07, 6.45) is 0. The van der Waals surface area contributed by atoms with E-state index in [0.29, 0.717) is 11.3 Å². The molecule has 0 bridgehead atoms. The lowest BCUT2D eigenvalue weighted by molar-refractivity contribution is 0.0951. The third-order valence-corrected chi connectivity index (χ3v) is 5.93. The van der Waals surface area contributed by atoms with Gasteiger partial charge in [-0.1, -0.05) is 24.3 Å². The predicted octanol–water partition coefficient (Wildman–Crippen LogP) is 3.92.